The molecule has 3 aromatic carbocycles. The molecule has 1 aliphatic heterocycles. The molecule has 3 aromatic rings. The highest BCUT2D eigenvalue weighted by Crippen LogP contribution is 2.43. The Kier molecular flexibility index (Phi) is 6.05. The van der Waals surface area contributed by atoms with Gasteiger partial charge in [0.05, 0.1) is 18.2 Å². The van der Waals surface area contributed by atoms with E-state index in [-0.39, 0.29) is 11.3 Å². The molecular weight excluding hydrogens is 414 g/mol. The number of anilines is 1. The van der Waals surface area contributed by atoms with Crippen molar-refractivity contribution in [3.05, 3.63) is 100 Å². The van der Waals surface area contributed by atoms with Gasteiger partial charge in [-0.2, -0.15) is 0 Å². The van der Waals surface area contributed by atoms with E-state index in [4.69, 9.17) is 4.74 Å². The number of rotatable bonds is 5. The molecule has 1 saturated heterocycles. The Morgan fingerprint density at radius 3 is 2.33 bits per heavy atom. The van der Waals surface area contributed by atoms with Crippen molar-refractivity contribution in [1.82, 2.24) is 0 Å². The van der Waals surface area contributed by atoms with Crippen LogP contribution in [0.1, 0.15) is 40.8 Å². The molecule has 1 amide bonds. The molecule has 1 atom stereocenters. The lowest BCUT2D eigenvalue weighted by Crippen LogP contribution is -2.29. The number of carbonyl (C=O) groups excluding carboxylic acids is 2. The fourth-order valence-corrected chi connectivity index (χ4v) is 4.10. The quantitative estimate of drug-likeness (QED) is 0.316. The number of aryl methyl sites for hydroxylation is 3. The van der Waals surface area contributed by atoms with Gasteiger partial charge in [-0.1, -0.05) is 42.0 Å². The van der Waals surface area contributed by atoms with Crippen molar-refractivity contribution in [2.24, 2.45) is 0 Å². The van der Waals surface area contributed by atoms with Gasteiger partial charge in [0, 0.05) is 11.3 Å². The predicted molar refractivity (Wildman–Crippen MR) is 129 cm³/mol. The average molecular weight is 442 g/mol. The molecule has 1 aliphatic rings. The van der Waals surface area contributed by atoms with Gasteiger partial charge in [-0.3, -0.25) is 14.5 Å². The zero-order valence-electron chi connectivity index (χ0n) is 19.3. The predicted octanol–water partition coefficient (Wildman–Crippen LogP) is 5.64. The largest absolute Gasteiger partial charge is 0.507 e. The summed E-state index contributed by atoms with van der Waals surface area (Å²) in [4.78, 5) is 28.0. The van der Waals surface area contributed by atoms with Gasteiger partial charge in [-0.25, -0.2) is 0 Å². The normalized spacial score (nSPS) is 17.5. The standard InChI is InChI=1S/C28H27NO4/c1-5-33-23-8-6-7-20(16-23)25-24(26(30)21-12-11-18(3)19(4)15-21)27(31)28(32)29(25)22-13-9-17(2)10-14-22/h6-16,25,30H,5H2,1-4H3/b26-24-. The summed E-state index contributed by atoms with van der Waals surface area (Å²) in [6, 6.07) is 19.4. The summed E-state index contributed by atoms with van der Waals surface area (Å²) in [6.07, 6.45) is 0. The van der Waals surface area contributed by atoms with Gasteiger partial charge in [0.15, 0.2) is 0 Å². The average Bonchev–Trinajstić information content (AvgIpc) is 3.07. The molecule has 1 heterocycles. The molecule has 0 saturated carbocycles. The lowest BCUT2D eigenvalue weighted by molar-refractivity contribution is -0.132. The number of nitrogens with zero attached hydrogens (tertiary/aromatic N) is 1. The molecule has 33 heavy (non-hydrogen) atoms. The van der Waals surface area contributed by atoms with Crippen LogP contribution in [0.2, 0.25) is 0 Å². The number of ketones is 1. The Morgan fingerprint density at radius 2 is 1.67 bits per heavy atom. The topological polar surface area (TPSA) is 66.8 Å². The van der Waals surface area contributed by atoms with Crippen molar-refractivity contribution in [3.8, 4) is 5.75 Å². The van der Waals surface area contributed by atoms with E-state index in [1.54, 1.807) is 6.07 Å². The van der Waals surface area contributed by atoms with Crippen LogP contribution < -0.4 is 9.64 Å². The SMILES string of the molecule is CCOc1cccc(C2/C(=C(/O)c3ccc(C)c(C)c3)C(=O)C(=O)N2c2ccc(C)cc2)c1. The van der Waals surface area contributed by atoms with E-state index >= 15 is 0 Å². The van der Waals surface area contributed by atoms with Gasteiger partial charge in [-0.05, 0) is 74.7 Å². The molecule has 1 fully saturated rings. The highest BCUT2D eigenvalue weighted by molar-refractivity contribution is 6.51. The first-order valence-corrected chi connectivity index (χ1v) is 11.0. The number of amides is 1. The zero-order valence-corrected chi connectivity index (χ0v) is 19.3. The van der Waals surface area contributed by atoms with Gasteiger partial charge in [-0.15, -0.1) is 0 Å². The minimum atomic E-state index is -0.783. The molecule has 5 nitrogen and oxygen atoms in total. The summed E-state index contributed by atoms with van der Waals surface area (Å²) >= 11 is 0. The van der Waals surface area contributed by atoms with Crippen molar-refractivity contribution in [1.29, 1.82) is 0 Å². The lowest BCUT2D eigenvalue weighted by Gasteiger charge is -2.26. The number of aliphatic hydroxyl groups excluding tert-OH is 1. The summed E-state index contributed by atoms with van der Waals surface area (Å²) in [6.45, 7) is 8.27. The fourth-order valence-electron chi connectivity index (χ4n) is 4.10. The molecule has 0 aliphatic carbocycles. The minimum absolute atomic E-state index is 0.0671. The van der Waals surface area contributed by atoms with Crippen molar-refractivity contribution in [2.45, 2.75) is 33.7 Å². The maximum absolute atomic E-state index is 13.3. The van der Waals surface area contributed by atoms with E-state index in [1.807, 2.05) is 88.4 Å². The summed E-state index contributed by atoms with van der Waals surface area (Å²) < 4.78 is 5.66. The van der Waals surface area contributed by atoms with E-state index in [9.17, 15) is 14.7 Å². The van der Waals surface area contributed by atoms with Crippen LogP contribution in [0, 0.1) is 20.8 Å². The van der Waals surface area contributed by atoms with Crippen molar-refractivity contribution in [3.63, 3.8) is 0 Å². The second-order valence-corrected chi connectivity index (χ2v) is 8.31. The molecule has 5 heteroatoms. The number of ether oxygens (including phenoxy) is 1. The number of benzene rings is 3. The molecule has 1 unspecified atom stereocenters. The third kappa shape index (κ3) is 4.14. The first-order chi connectivity index (χ1) is 15.8. The van der Waals surface area contributed by atoms with Crippen LogP contribution in [0.25, 0.3) is 5.76 Å². The van der Waals surface area contributed by atoms with Gasteiger partial charge in [0.2, 0.25) is 0 Å². The van der Waals surface area contributed by atoms with E-state index in [2.05, 4.69) is 0 Å². The Hall–Kier alpha value is -3.86. The third-order valence-corrected chi connectivity index (χ3v) is 6.02. The number of hydrogen-bond donors (Lipinski definition) is 1. The van der Waals surface area contributed by atoms with E-state index in [0.29, 0.717) is 29.2 Å². The van der Waals surface area contributed by atoms with Crippen LogP contribution in [-0.2, 0) is 9.59 Å². The number of hydrogen-bond acceptors (Lipinski definition) is 4. The molecule has 0 radical (unpaired) electrons. The first kappa shape index (κ1) is 22.3. The smallest absolute Gasteiger partial charge is 0.300 e. The molecule has 168 valence electrons. The van der Waals surface area contributed by atoms with Crippen molar-refractivity contribution >= 4 is 23.1 Å². The Bertz CT molecular complexity index is 1260. The van der Waals surface area contributed by atoms with Crippen LogP contribution in [0.4, 0.5) is 5.69 Å². The van der Waals surface area contributed by atoms with E-state index < -0.39 is 17.7 Å². The Morgan fingerprint density at radius 1 is 0.939 bits per heavy atom. The number of carbonyl (C=O) groups is 2. The van der Waals surface area contributed by atoms with Crippen molar-refractivity contribution < 1.29 is 19.4 Å². The third-order valence-electron chi connectivity index (χ3n) is 6.02. The zero-order chi connectivity index (χ0) is 23.7. The molecule has 0 spiro atoms. The van der Waals surface area contributed by atoms with E-state index in [0.717, 1.165) is 16.7 Å². The first-order valence-electron chi connectivity index (χ1n) is 11.0. The Labute approximate surface area is 193 Å². The summed E-state index contributed by atoms with van der Waals surface area (Å²) in [5.74, 6) is -0.928. The second-order valence-electron chi connectivity index (χ2n) is 8.31. The summed E-state index contributed by atoms with van der Waals surface area (Å²) in [7, 11) is 0. The van der Waals surface area contributed by atoms with Crippen molar-refractivity contribution in [2.75, 3.05) is 11.5 Å². The van der Waals surface area contributed by atoms with Gasteiger partial charge in [0.1, 0.15) is 11.5 Å². The maximum atomic E-state index is 13.3. The molecule has 0 aromatic heterocycles. The molecule has 4 rings (SSSR count). The molecule has 1 N–H and O–H groups in total. The lowest BCUT2D eigenvalue weighted by atomic mass is 9.94. The van der Waals surface area contributed by atoms with Crippen LogP contribution in [0.3, 0.4) is 0 Å². The highest BCUT2D eigenvalue weighted by atomic mass is 16.5. The van der Waals surface area contributed by atoms with Crippen LogP contribution in [0.5, 0.6) is 5.75 Å². The van der Waals surface area contributed by atoms with Gasteiger partial charge >= 0.3 is 0 Å². The van der Waals surface area contributed by atoms with E-state index in [1.165, 1.54) is 4.90 Å². The fraction of sp³-hybridized carbons (Fsp3) is 0.214. The van der Waals surface area contributed by atoms with Gasteiger partial charge < -0.3 is 9.84 Å². The highest BCUT2D eigenvalue weighted by Gasteiger charge is 2.47. The summed E-state index contributed by atoms with van der Waals surface area (Å²) in [5, 5.41) is 11.3. The molecular formula is C28H27NO4. The van der Waals surface area contributed by atoms with Crippen LogP contribution in [-0.4, -0.2) is 23.4 Å². The summed E-state index contributed by atoms with van der Waals surface area (Å²) in [5.41, 5.74) is 4.96. The minimum Gasteiger partial charge on any atom is -0.507 e. The van der Waals surface area contributed by atoms with Gasteiger partial charge in [0.25, 0.3) is 11.7 Å². The van der Waals surface area contributed by atoms with Crippen LogP contribution in [0.15, 0.2) is 72.3 Å². The monoisotopic (exact) mass is 441 g/mol. The number of aliphatic hydroxyl groups is 1. The Balaban J connectivity index is 1.94. The number of Topliss-reactive ketones (excluding diaryl/α,β-unsaturated/α-hetero) is 1. The maximum Gasteiger partial charge on any atom is 0.300 e. The van der Waals surface area contributed by atoms with Crippen LogP contribution >= 0.6 is 0 Å². The molecule has 0 bridgehead atoms. The second kappa shape index (κ2) is 8.94.